The van der Waals surface area contributed by atoms with Crippen LogP contribution in [-0.4, -0.2) is 9.55 Å². The summed E-state index contributed by atoms with van der Waals surface area (Å²) in [5.41, 5.74) is 13.4. The number of para-hydroxylation sites is 2. The van der Waals surface area contributed by atoms with Crippen LogP contribution in [0, 0.1) is 5.41 Å². The van der Waals surface area contributed by atoms with Crippen molar-refractivity contribution in [3.05, 3.63) is 126 Å². The van der Waals surface area contributed by atoms with Crippen LogP contribution in [0.15, 0.2) is 120 Å². The summed E-state index contributed by atoms with van der Waals surface area (Å²) >= 11 is 0. The van der Waals surface area contributed by atoms with Gasteiger partial charge in [0, 0.05) is 55.1 Å². The first-order chi connectivity index (χ1) is 23.0. The lowest BCUT2D eigenvalue weighted by atomic mass is 9.59. The average molecular weight is 623 g/mol. The first-order valence-electron chi connectivity index (χ1n) is 17.1. The number of aromatic amines is 1. The number of H-pyrrole nitrogens is 1. The molecular formula is C45H38N2O. The molecule has 0 fully saturated rings. The Hall–Kier alpha value is -5.28. The van der Waals surface area contributed by atoms with E-state index in [1.54, 1.807) is 0 Å². The highest BCUT2D eigenvalue weighted by molar-refractivity contribution is 6.13. The summed E-state index contributed by atoms with van der Waals surface area (Å²) in [7, 11) is 0. The molecule has 10 rings (SSSR count). The first-order valence-corrected chi connectivity index (χ1v) is 17.1. The molecule has 6 aromatic carbocycles. The molecule has 0 bridgehead atoms. The number of benzene rings is 6. The Labute approximate surface area is 279 Å². The summed E-state index contributed by atoms with van der Waals surface area (Å²) in [6, 6.07) is 42.3. The Kier molecular flexibility index (Phi) is 5.21. The van der Waals surface area contributed by atoms with Gasteiger partial charge < -0.3 is 14.0 Å². The molecule has 0 atom stereocenters. The zero-order valence-corrected chi connectivity index (χ0v) is 28.3. The highest BCUT2D eigenvalue weighted by Gasteiger charge is 2.56. The molecule has 0 aliphatic heterocycles. The molecular weight excluding hydrogens is 585 g/mol. The number of rotatable bonds is 2. The van der Waals surface area contributed by atoms with Crippen LogP contribution in [-0.2, 0) is 10.8 Å². The van der Waals surface area contributed by atoms with Crippen LogP contribution in [0.2, 0.25) is 0 Å². The van der Waals surface area contributed by atoms with Gasteiger partial charge in [-0.15, -0.1) is 0 Å². The van der Waals surface area contributed by atoms with E-state index in [0.29, 0.717) is 0 Å². The molecule has 1 aliphatic carbocycles. The third-order valence-corrected chi connectivity index (χ3v) is 12.8. The normalized spacial score (nSPS) is 16.6. The van der Waals surface area contributed by atoms with E-state index in [-0.39, 0.29) is 16.2 Å². The molecule has 0 saturated carbocycles. The second-order valence-corrected chi connectivity index (χ2v) is 15.6. The van der Waals surface area contributed by atoms with Crippen LogP contribution in [0.1, 0.15) is 52.7 Å². The van der Waals surface area contributed by atoms with E-state index >= 15 is 0 Å². The second kappa shape index (κ2) is 8.99. The standard InChI is InChI=1S/C45H38N2O/c1-43(2)35-24-33-32-21-26(15-19-37(32)46-38(33)25-36(35)44(3,4)45(43,5)6)27-16-20-40-34(22-27)29-11-7-9-13-39(29)47(40)28-17-18-31-30-12-8-10-14-41(30)48-42(31)23-28/h7-25,46H,1-6H3. The van der Waals surface area contributed by atoms with Gasteiger partial charge in [-0.3, -0.25) is 0 Å². The maximum atomic E-state index is 6.29. The second-order valence-electron chi connectivity index (χ2n) is 15.6. The molecule has 0 saturated heterocycles. The van der Waals surface area contributed by atoms with Crippen LogP contribution in [0.25, 0.3) is 82.4 Å². The Morgan fingerprint density at radius 1 is 0.479 bits per heavy atom. The molecule has 234 valence electrons. The minimum absolute atomic E-state index is 0.0649. The highest BCUT2D eigenvalue weighted by Crippen LogP contribution is 2.62. The fourth-order valence-electron chi connectivity index (χ4n) is 8.90. The van der Waals surface area contributed by atoms with Gasteiger partial charge in [-0.2, -0.15) is 0 Å². The minimum Gasteiger partial charge on any atom is -0.456 e. The fourth-order valence-corrected chi connectivity index (χ4v) is 8.90. The molecule has 3 aromatic heterocycles. The number of aromatic nitrogens is 2. The van der Waals surface area contributed by atoms with Gasteiger partial charge in [0.15, 0.2) is 0 Å². The SMILES string of the molecule is CC1(C)c2cc3[nH]c4ccc(-c5ccc6c(c5)c5ccccc5n6-c5ccc6c(c5)oc5ccccc56)cc4c3cc2C(C)(C)C1(C)C. The summed E-state index contributed by atoms with van der Waals surface area (Å²) in [5, 5.41) is 7.38. The quantitative estimate of drug-likeness (QED) is 0.204. The van der Waals surface area contributed by atoms with Gasteiger partial charge >= 0.3 is 0 Å². The predicted octanol–water partition coefficient (Wildman–Crippen LogP) is 12.6. The van der Waals surface area contributed by atoms with Crippen molar-refractivity contribution in [2.75, 3.05) is 0 Å². The van der Waals surface area contributed by atoms with Crippen LogP contribution in [0.5, 0.6) is 0 Å². The predicted molar refractivity (Wildman–Crippen MR) is 203 cm³/mol. The van der Waals surface area contributed by atoms with Gasteiger partial charge in [-0.05, 0) is 99.2 Å². The van der Waals surface area contributed by atoms with Gasteiger partial charge in [-0.25, -0.2) is 0 Å². The van der Waals surface area contributed by atoms with Crippen LogP contribution >= 0.6 is 0 Å². The highest BCUT2D eigenvalue weighted by atomic mass is 16.3. The molecule has 1 N–H and O–H groups in total. The maximum absolute atomic E-state index is 6.29. The van der Waals surface area contributed by atoms with Gasteiger partial charge in [0.2, 0.25) is 0 Å². The Morgan fingerprint density at radius 3 is 1.92 bits per heavy atom. The number of nitrogens with zero attached hydrogens (tertiary/aromatic N) is 1. The summed E-state index contributed by atoms with van der Waals surface area (Å²) in [5.74, 6) is 0. The summed E-state index contributed by atoms with van der Waals surface area (Å²) in [4.78, 5) is 3.76. The Morgan fingerprint density at radius 2 is 1.10 bits per heavy atom. The fraction of sp³-hybridized carbons (Fsp3) is 0.200. The number of hydrogen-bond acceptors (Lipinski definition) is 1. The summed E-state index contributed by atoms with van der Waals surface area (Å²) in [6.45, 7) is 14.5. The van der Waals surface area contributed by atoms with Crippen molar-refractivity contribution in [3.63, 3.8) is 0 Å². The Balaban J connectivity index is 1.14. The largest absolute Gasteiger partial charge is 0.456 e. The van der Waals surface area contributed by atoms with Crippen LogP contribution < -0.4 is 0 Å². The van der Waals surface area contributed by atoms with Gasteiger partial charge in [0.1, 0.15) is 11.2 Å². The van der Waals surface area contributed by atoms with Gasteiger partial charge in [0.25, 0.3) is 0 Å². The molecule has 9 aromatic rings. The zero-order valence-electron chi connectivity index (χ0n) is 28.3. The maximum Gasteiger partial charge on any atom is 0.137 e. The molecule has 3 heterocycles. The number of nitrogens with one attached hydrogen (secondary N) is 1. The van der Waals surface area contributed by atoms with E-state index < -0.39 is 0 Å². The van der Waals surface area contributed by atoms with E-state index in [1.807, 2.05) is 12.1 Å². The van der Waals surface area contributed by atoms with E-state index in [9.17, 15) is 0 Å². The molecule has 48 heavy (non-hydrogen) atoms. The summed E-state index contributed by atoms with van der Waals surface area (Å²) in [6.07, 6.45) is 0. The molecule has 0 spiro atoms. The molecule has 3 heteroatoms. The van der Waals surface area contributed by atoms with Gasteiger partial charge in [0.05, 0.1) is 11.0 Å². The monoisotopic (exact) mass is 622 g/mol. The van der Waals surface area contributed by atoms with E-state index in [2.05, 4.69) is 154 Å². The molecule has 0 amide bonds. The topological polar surface area (TPSA) is 33.9 Å². The van der Waals surface area contributed by atoms with Gasteiger partial charge in [-0.1, -0.05) is 90.1 Å². The lowest BCUT2D eigenvalue weighted by Gasteiger charge is -2.44. The number of fused-ring (bicyclic) bond motifs is 10. The summed E-state index contributed by atoms with van der Waals surface area (Å²) < 4.78 is 8.66. The van der Waals surface area contributed by atoms with E-state index in [4.69, 9.17) is 4.42 Å². The first kappa shape index (κ1) is 27.8. The smallest absolute Gasteiger partial charge is 0.137 e. The van der Waals surface area contributed by atoms with Crippen molar-refractivity contribution in [1.82, 2.24) is 9.55 Å². The molecule has 0 unspecified atom stereocenters. The van der Waals surface area contributed by atoms with Crippen molar-refractivity contribution in [3.8, 4) is 16.8 Å². The van der Waals surface area contributed by atoms with Crippen LogP contribution in [0.3, 0.4) is 0 Å². The number of hydrogen-bond donors (Lipinski definition) is 1. The molecule has 3 nitrogen and oxygen atoms in total. The third-order valence-electron chi connectivity index (χ3n) is 12.8. The van der Waals surface area contributed by atoms with Crippen molar-refractivity contribution < 1.29 is 4.42 Å². The van der Waals surface area contributed by atoms with E-state index in [1.165, 1.54) is 65.9 Å². The van der Waals surface area contributed by atoms with Crippen LogP contribution in [0.4, 0.5) is 0 Å². The van der Waals surface area contributed by atoms with E-state index in [0.717, 1.165) is 27.6 Å². The minimum atomic E-state index is 0.0649. The van der Waals surface area contributed by atoms with Crippen molar-refractivity contribution in [2.24, 2.45) is 5.41 Å². The Bertz CT molecular complexity index is 2810. The zero-order chi connectivity index (χ0) is 32.7. The average Bonchev–Trinajstić information content (AvgIpc) is 3.77. The molecule has 1 aliphatic rings. The third kappa shape index (κ3) is 3.39. The number of furan rings is 1. The lowest BCUT2D eigenvalue weighted by Crippen LogP contribution is -2.42. The molecule has 0 radical (unpaired) electrons. The van der Waals surface area contributed by atoms with Crippen molar-refractivity contribution in [1.29, 1.82) is 0 Å². The lowest BCUT2D eigenvalue weighted by molar-refractivity contribution is 0.125. The van der Waals surface area contributed by atoms with Crippen molar-refractivity contribution >= 4 is 65.6 Å². The van der Waals surface area contributed by atoms with Crippen molar-refractivity contribution in [2.45, 2.75) is 52.4 Å².